The molecule has 0 bridgehead atoms. The fraction of sp³-hybridized carbons (Fsp3) is 0.650. The van der Waals surface area contributed by atoms with Crippen LogP contribution < -0.4 is 9.47 Å². The second kappa shape index (κ2) is 31.8. The summed E-state index contributed by atoms with van der Waals surface area (Å²) in [4.78, 5) is 10.7. The third-order valence-corrected chi connectivity index (χ3v) is 32.8. The average Bonchev–Trinajstić information content (AvgIpc) is 3.24. The summed E-state index contributed by atoms with van der Waals surface area (Å²) in [5.74, 6) is 10.5. The van der Waals surface area contributed by atoms with E-state index in [-0.39, 0.29) is 47.2 Å². The van der Waals surface area contributed by atoms with Crippen LogP contribution in [0.15, 0.2) is 61.7 Å². The van der Waals surface area contributed by atoms with Gasteiger partial charge in [0, 0.05) is 29.5 Å². The van der Waals surface area contributed by atoms with Crippen molar-refractivity contribution in [2.75, 3.05) is 27.4 Å². The molecule has 0 fully saturated rings. The van der Waals surface area contributed by atoms with Crippen LogP contribution in [0.2, 0.25) is 72.5 Å². The Kier molecular flexibility index (Phi) is 32.3. The molecule has 0 aliphatic rings. The van der Waals surface area contributed by atoms with Crippen LogP contribution in [0.4, 0.5) is 0 Å². The molecule has 0 aromatic heterocycles. The van der Waals surface area contributed by atoms with Crippen molar-refractivity contribution in [3.8, 4) is 35.7 Å². The van der Waals surface area contributed by atoms with E-state index in [4.69, 9.17) is 33.6 Å². The molecule has 0 heterocycles. The molecule has 1 unspecified atom stereocenters. The van der Waals surface area contributed by atoms with Crippen LogP contribution in [0.5, 0.6) is 11.5 Å². The summed E-state index contributed by atoms with van der Waals surface area (Å²) >= 11 is 0. The van der Waals surface area contributed by atoms with E-state index in [1.807, 2.05) is 30.3 Å². The van der Waals surface area contributed by atoms with Gasteiger partial charge in [0.1, 0.15) is 23.9 Å². The first-order valence-corrected chi connectivity index (χ1v) is 36.8. The molecule has 412 valence electrons. The van der Waals surface area contributed by atoms with E-state index in [1.165, 1.54) is 0 Å². The molecule has 12 heteroatoms. The van der Waals surface area contributed by atoms with Crippen molar-refractivity contribution in [3.05, 3.63) is 84.0 Å². The van der Waals surface area contributed by atoms with Gasteiger partial charge >= 0.3 is 0 Å². The van der Waals surface area contributed by atoms with Crippen LogP contribution in [0, 0.1) is 24.2 Å². The molecule has 0 aliphatic heterocycles. The second-order valence-corrected chi connectivity index (χ2v) is 43.4. The molecule has 0 amide bonds. The van der Waals surface area contributed by atoms with Crippen LogP contribution in [-0.4, -0.2) is 84.3 Å². The third kappa shape index (κ3) is 24.1. The van der Waals surface area contributed by atoms with Gasteiger partial charge in [-0.1, -0.05) is 140 Å². The summed E-state index contributed by atoms with van der Waals surface area (Å²) < 4.78 is 36.8. The topological polar surface area (TPSA) is 92.7 Å². The summed E-state index contributed by atoms with van der Waals surface area (Å²) in [6, 6.07) is 11.1. The molecule has 1 N–H and O–H groups in total. The maximum absolute atomic E-state index is 10.8. The highest BCUT2D eigenvalue weighted by Crippen LogP contribution is 2.41. The fourth-order valence-electron chi connectivity index (χ4n) is 5.94. The molecular formula is C60H108O8Si4. The highest BCUT2D eigenvalue weighted by atomic mass is 28.4. The Morgan fingerprint density at radius 3 is 1.35 bits per heavy atom. The van der Waals surface area contributed by atoms with Crippen molar-refractivity contribution in [3.63, 3.8) is 0 Å². The Hall–Kier alpha value is -3.02. The summed E-state index contributed by atoms with van der Waals surface area (Å²) in [7, 11) is -4.15. The second-order valence-electron chi connectivity index (χ2n) is 24.3. The van der Waals surface area contributed by atoms with Gasteiger partial charge in [-0.15, -0.1) is 31.4 Å². The number of hydrogen-bond donors (Lipinski definition) is 1. The lowest BCUT2D eigenvalue weighted by Crippen LogP contribution is -2.47. The first-order chi connectivity index (χ1) is 31.9. The van der Waals surface area contributed by atoms with Gasteiger partial charge in [0.05, 0.1) is 39.6 Å². The number of rotatable bonds is 22. The molecule has 0 saturated heterocycles. The number of methoxy groups -OCH3 is 2. The number of terminal acetylenes is 1. The number of aliphatic hydroxyl groups excluding tert-OH is 1. The molecule has 0 spiro atoms. The maximum atomic E-state index is 10.8. The molecule has 2 rings (SSSR count). The molecule has 2 aromatic carbocycles. The Labute approximate surface area is 448 Å². The van der Waals surface area contributed by atoms with Crippen molar-refractivity contribution in [2.45, 2.75) is 227 Å². The number of benzene rings is 2. The van der Waals surface area contributed by atoms with Crippen molar-refractivity contribution < 1.29 is 37.1 Å². The zero-order valence-corrected chi connectivity index (χ0v) is 52.4. The quantitative estimate of drug-likeness (QED) is 0.0540. The minimum Gasteiger partial charge on any atom is -0.496 e. The highest BCUT2D eigenvalue weighted by Gasteiger charge is 2.43. The molecule has 72 heavy (non-hydrogen) atoms. The summed E-state index contributed by atoms with van der Waals surface area (Å²) in [5.41, 5.74) is 3.26. The predicted octanol–water partition coefficient (Wildman–Crippen LogP) is 17.0. The number of ether oxygens (including phenoxy) is 2. The number of aldehydes is 1. The van der Waals surface area contributed by atoms with Crippen molar-refractivity contribution in [2.24, 2.45) is 0 Å². The third-order valence-electron chi connectivity index (χ3n) is 14.7. The number of hydrogen-bond acceptors (Lipinski definition) is 8. The maximum Gasteiger partial charge on any atom is 0.192 e. The van der Waals surface area contributed by atoms with Gasteiger partial charge in [0.25, 0.3) is 0 Å². The first kappa shape index (κ1) is 73.2. The Balaban J connectivity index is -0.00000109. The Morgan fingerprint density at radius 2 is 0.986 bits per heavy atom. The number of allylic oxidation sites excluding steroid dienone is 2. The molecule has 0 radical (unpaired) electrons. The van der Waals surface area contributed by atoms with Gasteiger partial charge in [-0.2, -0.15) is 0 Å². The van der Waals surface area contributed by atoms with E-state index in [1.54, 1.807) is 32.4 Å². The van der Waals surface area contributed by atoms with Crippen molar-refractivity contribution in [1.82, 2.24) is 0 Å². The first-order valence-electron chi connectivity index (χ1n) is 25.2. The van der Waals surface area contributed by atoms with E-state index in [0.717, 1.165) is 53.7 Å². The molecular weight excluding hydrogens is 961 g/mol. The lowest BCUT2D eigenvalue weighted by atomic mass is 9.98. The van der Waals surface area contributed by atoms with E-state index in [2.05, 4.69) is 166 Å². The standard InChI is InChI=1S/C29H50O4Si2.C18H38O2Si2.C11H12O2.2CH4/c1-13-17-25-24(19-16-21-27(25)31-8)26(30)20-15-14-18-23(33-35(11,12)29(5,6)7)22-32-34(9,10)28(2,3)4;1-12-13-14-16(20-22(10,11)18(5,6)7)15-19-21(8,9)17(2,3)4;1-3-5-10-9(8-12)6-4-7-11(10)13-2;;/h13,16,19,21,23,26,30H,1,14,17-18,22H2,2-12H3;1,16H,13-15H2,2-11H3;3-4,6-8H,1,5H2,2H3;2*1H4/t23-,26?;16-;;;/m11.../s1. The van der Waals surface area contributed by atoms with E-state index < -0.39 is 39.4 Å². The predicted molar refractivity (Wildman–Crippen MR) is 323 cm³/mol. The fourth-order valence-corrected chi connectivity index (χ4v) is 10.8. The van der Waals surface area contributed by atoms with Crippen LogP contribution in [0.1, 0.15) is 157 Å². The largest absolute Gasteiger partial charge is 0.496 e. The molecule has 0 aliphatic carbocycles. The van der Waals surface area contributed by atoms with E-state index in [9.17, 15) is 9.90 Å². The van der Waals surface area contributed by atoms with E-state index in [0.29, 0.717) is 38.0 Å². The molecule has 8 nitrogen and oxygen atoms in total. The van der Waals surface area contributed by atoms with Gasteiger partial charge in [0.2, 0.25) is 0 Å². The van der Waals surface area contributed by atoms with E-state index >= 15 is 0 Å². The summed E-state index contributed by atoms with van der Waals surface area (Å²) in [6.07, 6.45) is 13.4. The van der Waals surface area contributed by atoms with Crippen LogP contribution >= 0.6 is 0 Å². The average molecular weight is 1070 g/mol. The normalized spacial score (nSPS) is 13.5. The number of carbonyl (C=O) groups is 1. The Morgan fingerprint density at radius 1 is 0.611 bits per heavy atom. The van der Waals surface area contributed by atoms with Gasteiger partial charge in [-0.25, -0.2) is 0 Å². The lowest BCUT2D eigenvalue weighted by molar-refractivity contribution is 0.102. The van der Waals surface area contributed by atoms with Gasteiger partial charge in [0.15, 0.2) is 33.3 Å². The van der Waals surface area contributed by atoms with Gasteiger partial charge in [-0.3, -0.25) is 4.79 Å². The van der Waals surface area contributed by atoms with Crippen molar-refractivity contribution >= 4 is 39.6 Å². The molecule has 2 aromatic rings. The smallest absolute Gasteiger partial charge is 0.192 e. The minimum atomic E-state index is -1.96. The zero-order valence-electron chi connectivity index (χ0n) is 48.4. The Bertz CT molecular complexity index is 2010. The molecule has 0 saturated carbocycles. The van der Waals surface area contributed by atoms with Gasteiger partial charge in [-0.05, 0) is 116 Å². The zero-order chi connectivity index (χ0) is 54.6. The van der Waals surface area contributed by atoms with Crippen LogP contribution in [-0.2, 0) is 30.5 Å². The molecule has 3 atom stereocenters. The van der Waals surface area contributed by atoms with Crippen LogP contribution in [0.3, 0.4) is 0 Å². The SMILES string of the molecule is C.C.C#CCC[C@H](CO[Si](C)(C)C(C)(C)C)O[Si](C)(C)C(C)(C)C.C=CCc1c(C=O)cccc1OC.C=CCc1c(OC)cccc1C(O)C#CCC[C@H](CO[Si](C)(C)C(C)(C)C)O[Si](C)(C)C(C)(C)C. The number of aliphatic hydroxyl groups is 1. The number of carbonyl (C=O) groups excluding carboxylic acids is 1. The van der Waals surface area contributed by atoms with Gasteiger partial charge < -0.3 is 32.3 Å². The monoisotopic (exact) mass is 1070 g/mol. The highest BCUT2D eigenvalue weighted by molar-refractivity contribution is 6.75. The summed E-state index contributed by atoms with van der Waals surface area (Å²) in [5, 5.41) is 11.5. The summed E-state index contributed by atoms with van der Waals surface area (Å²) in [6.45, 7) is 54.2. The minimum absolute atomic E-state index is 0. The van der Waals surface area contributed by atoms with Crippen molar-refractivity contribution in [1.29, 1.82) is 0 Å². The lowest BCUT2D eigenvalue weighted by Gasteiger charge is -2.41. The van der Waals surface area contributed by atoms with Crippen LogP contribution in [0.25, 0.3) is 0 Å².